The molecule has 0 radical (unpaired) electrons. The van der Waals surface area contributed by atoms with E-state index in [1.165, 1.54) is 0 Å². The number of ether oxygens (including phenoxy) is 1. The summed E-state index contributed by atoms with van der Waals surface area (Å²) < 4.78 is 5.02. The Hall–Kier alpha value is -1.59. The van der Waals surface area contributed by atoms with E-state index in [1.807, 2.05) is 0 Å². The molecule has 1 aliphatic carbocycles. The number of rotatable bonds is 4. The number of esters is 1. The number of carboxylic acid groups (broad SMARTS) is 1. The maximum Gasteiger partial charge on any atom is 0.309 e. The Labute approximate surface area is 130 Å². The second kappa shape index (κ2) is 7.61. The third kappa shape index (κ3) is 3.78. The van der Waals surface area contributed by atoms with Gasteiger partial charge in [0.15, 0.2) is 0 Å². The molecule has 1 heterocycles. The molecule has 1 aliphatic heterocycles. The van der Waals surface area contributed by atoms with Crippen LogP contribution in [0.4, 0.5) is 0 Å². The van der Waals surface area contributed by atoms with Crippen LogP contribution in [0.3, 0.4) is 0 Å². The average molecular weight is 311 g/mol. The van der Waals surface area contributed by atoms with Gasteiger partial charge in [-0.25, -0.2) is 0 Å². The predicted octanol–water partition coefficient (Wildman–Crippen LogP) is 1.68. The summed E-state index contributed by atoms with van der Waals surface area (Å²) >= 11 is 0. The predicted molar refractivity (Wildman–Crippen MR) is 79.0 cm³/mol. The molecule has 1 amide bonds. The summed E-state index contributed by atoms with van der Waals surface area (Å²) in [5.41, 5.74) is 0. The molecule has 2 atom stereocenters. The van der Waals surface area contributed by atoms with Crippen molar-refractivity contribution in [2.75, 3.05) is 19.7 Å². The monoisotopic (exact) mass is 311 g/mol. The molecule has 0 bridgehead atoms. The summed E-state index contributed by atoms with van der Waals surface area (Å²) in [4.78, 5) is 37.4. The van der Waals surface area contributed by atoms with E-state index in [0.717, 1.165) is 12.8 Å². The summed E-state index contributed by atoms with van der Waals surface area (Å²) in [6.07, 6.45) is 4.26. The Bertz CT molecular complexity index is 428. The van der Waals surface area contributed by atoms with Crippen molar-refractivity contribution in [3.8, 4) is 0 Å². The third-order valence-corrected chi connectivity index (χ3v) is 4.83. The Morgan fingerprint density at radius 1 is 1.05 bits per heavy atom. The van der Waals surface area contributed by atoms with Gasteiger partial charge in [0.05, 0.1) is 24.4 Å². The lowest BCUT2D eigenvalue weighted by molar-refractivity contribution is -0.155. The zero-order chi connectivity index (χ0) is 16.1. The van der Waals surface area contributed by atoms with E-state index in [2.05, 4.69) is 0 Å². The van der Waals surface area contributed by atoms with Crippen LogP contribution in [-0.4, -0.2) is 47.5 Å². The largest absolute Gasteiger partial charge is 0.481 e. The molecule has 0 unspecified atom stereocenters. The fourth-order valence-corrected chi connectivity index (χ4v) is 3.55. The number of hydrogen-bond donors (Lipinski definition) is 1. The van der Waals surface area contributed by atoms with Gasteiger partial charge in [-0.3, -0.25) is 14.4 Å². The molecule has 1 saturated carbocycles. The highest BCUT2D eigenvalue weighted by atomic mass is 16.5. The van der Waals surface area contributed by atoms with E-state index in [-0.39, 0.29) is 17.8 Å². The number of aliphatic carboxylic acids is 1. The van der Waals surface area contributed by atoms with Crippen molar-refractivity contribution in [3.63, 3.8) is 0 Å². The van der Waals surface area contributed by atoms with E-state index >= 15 is 0 Å². The molecular weight excluding hydrogens is 286 g/mol. The minimum absolute atomic E-state index is 0.0468. The number of nitrogens with zero attached hydrogens (tertiary/aromatic N) is 1. The first-order valence-electron chi connectivity index (χ1n) is 8.22. The van der Waals surface area contributed by atoms with Gasteiger partial charge in [0.2, 0.25) is 5.91 Å². The van der Waals surface area contributed by atoms with Crippen molar-refractivity contribution in [2.45, 2.75) is 45.4 Å². The second-order valence-electron chi connectivity index (χ2n) is 6.19. The summed E-state index contributed by atoms with van der Waals surface area (Å²) in [6.45, 7) is 3.20. The Morgan fingerprint density at radius 3 is 2.18 bits per heavy atom. The lowest BCUT2D eigenvalue weighted by atomic mass is 9.78. The van der Waals surface area contributed by atoms with Crippen LogP contribution in [0.1, 0.15) is 45.4 Å². The molecule has 6 nitrogen and oxygen atoms in total. The Morgan fingerprint density at radius 2 is 1.64 bits per heavy atom. The highest BCUT2D eigenvalue weighted by Gasteiger charge is 2.39. The van der Waals surface area contributed by atoms with Gasteiger partial charge < -0.3 is 14.7 Å². The zero-order valence-electron chi connectivity index (χ0n) is 13.1. The first-order valence-corrected chi connectivity index (χ1v) is 8.22. The Kier molecular flexibility index (Phi) is 5.80. The van der Waals surface area contributed by atoms with Crippen LogP contribution in [-0.2, 0) is 19.1 Å². The lowest BCUT2D eigenvalue weighted by Gasteiger charge is -2.36. The van der Waals surface area contributed by atoms with Crippen molar-refractivity contribution < 1.29 is 24.2 Å². The summed E-state index contributed by atoms with van der Waals surface area (Å²) in [6, 6.07) is 0. The van der Waals surface area contributed by atoms with Crippen molar-refractivity contribution in [1.82, 2.24) is 4.90 Å². The van der Waals surface area contributed by atoms with Crippen molar-refractivity contribution >= 4 is 17.8 Å². The number of likely N-dealkylation sites (tertiary alicyclic amines) is 1. The number of carbonyl (C=O) groups is 3. The van der Waals surface area contributed by atoms with E-state index in [0.29, 0.717) is 45.4 Å². The van der Waals surface area contributed by atoms with Gasteiger partial charge >= 0.3 is 11.9 Å². The topological polar surface area (TPSA) is 83.9 Å². The van der Waals surface area contributed by atoms with Gasteiger partial charge in [-0.2, -0.15) is 0 Å². The number of amides is 1. The van der Waals surface area contributed by atoms with Gasteiger partial charge in [-0.05, 0) is 32.6 Å². The van der Waals surface area contributed by atoms with E-state index in [1.54, 1.807) is 11.8 Å². The molecule has 0 aromatic carbocycles. The molecule has 1 saturated heterocycles. The SMILES string of the molecule is CCOC(=O)C1CCN(C(=O)[C@H]2CCCC[C@H]2C(=O)O)CC1. The lowest BCUT2D eigenvalue weighted by Crippen LogP contribution is -2.46. The number of carboxylic acids is 1. The molecule has 124 valence electrons. The van der Waals surface area contributed by atoms with Gasteiger partial charge in [-0.1, -0.05) is 12.8 Å². The van der Waals surface area contributed by atoms with Crippen molar-refractivity contribution in [2.24, 2.45) is 17.8 Å². The van der Waals surface area contributed by atoms with Gasteiger partial charge in [0, 0.05) is 13.1 Å². The van der Waals surface area contributed by atoms with E-state index < -0.39 is 17.8 Å². The smallest absolute Gasteiger partial charge is 0.309 e. The quantitative estimate of drug-likeness (QED) is 0.799. The zero-order valence-corrected chi connectivity index (χ0v) is 13.1. The fourth-order valence-electron chi connectivity index (χ4n) is 3.55. The molecular formula is C16H25NO5. The average Bonchev–Trinajstić information content (AvgIpc) is 2.54. The molecule has 2 aliphatic rings. The highest BCUT2D eigenvalue weighted by Crippen LogP contribution is 2.33. The maximum atomic E-state index is 12.6. The molecule has 0 aromatic rings. The summed E-state index contributed by atoms with van der Waals surface area (Å²) in [7, 11) is 0. The molecule has 1 N–H and O–H groups in total. The number of carbonyl (C=O) groups excluding carboxylic acids is 2. The first-order chi connectivity index (χ1) is 10.5. The van der Waals surface area contributed by atoms with Gasteiger partial charge in [0.25, 0.3) is 0 Å². The Balaban J connectivity index is 1.91. The normalized spacial score (nSPS) is 26.5. The van der Waals surface area contributed by atoms with Crippen LogP contribution in [0.5, 0.6) is 0 Å². The molecule has 2 rings (SSSR count). The van der Waals surface area contributed by atoms with Crippen molar-refractivity contribution in [3.05, 3.63) is 0 Å². The molecule has 22 heavy (non-hydrogen) atoms. The van der Waals surface area contributed by atoms with Gasteiger partial charge in [-0.15, -0.1) is 0 Å². The molecule has 6 heteroatoms. The third-order valence-electron chi connectivity index (χ3n) is 4.83. The summed E-state index contributed by atoms with van der Waals surface area (Å²) in [5.74, 6) is -2.18. The molecule has 0 aromatic heterocycles. The molecule has 0 spiro atoms. The van der Waals surface area contributed by atoms with Crippen LogP contribution in [0, 0.1) is 17.8 Å². The minimum Gasteiger partial charge on any atom is -0.481 e. The first kappa shape index (κ1) is 16.8. The van der Waals surface area contributed by atoms with Crippen LogP contribution < -0.4 is 0 Å². The second-order valence-corrected chi connectivity index (χ2v) is 6.19. The van der Waals surface area contributed by atoms with Crippen LogP contribution in [0.25, 0.3) is 0 Å². The van der Waals surface area contributed by atoms with E-state index in [4.69, 9.17) is 4.74 Å². The van der Waals surface area contributed by atoms with E-state index in [9.17, 15) is 19.5 Å². The van der Waals surface area contributed by atoms with Crippen LogP contribution in [0.15, 0.2) is 0 Å². The minimum atomic E-state index is -0.862. The van der Waals surface area contributed by atoms with Gasteiger partial charge in [0.1, 0.15) is 0 Å². The number of hydrogen-bond acceptors (Lipinski definition) is 4. The van der Waals surface area contributed by atoms with Crippen molar-refractivity contribution in [1.29, 1.82) is 0 Å². The number of piperidine rings is 1. The molecule has 2 fully saturated rings. The standard InChI is InChI=1S/C16H25NO5/c1-2-22-16(21)11-7-9-17(10-8-11)14(18)12-5-3-4-6-13(12)15(19)20/h11-13H,2-10H2,1H3,(H,19,20)/t12-,13+/m0/s1. The van der Waals surface area contributed by atoms with Crippen LogP contribution >= 0.6 is 0 Å². The maximum absolute atomic E-state index is 12.6. The fraction of sp³-hybridized carbons (Fsp3) is 0.812. The summed E-state index contributed by atoms with van der Waals surface area (Å²) in [5, 5.41) is 9.30. The highest BCUT2D eigenvalue weighted by molar-refractivity contribution is 5.85. The van der Waals surface area contributed by atoms with Crippen LogP contribution in [0.2, 0.25) is 0 Å².